The Hall–Kier alpha value is -2.96. The largest absolute Gasteiger partial charge is 0.434 e. The Morgan fingerprint density at radius 2 is 1.80 bits per heavy atom. The molecule has 25 heavy (non-hydrogen) atoms. The molecule has 2 aromatic carbocycles. The van der Waals surface area contributed by atoms with E-state index in [1.165, 1.54) is 17.0 Å². The second-order valence-corrected chi connectivity index (χ2v) is 5.52. The molecule has 1 fully saturated rings. The Morgan fingerprint density at radius 3 is 2.44 bits per heavy atom. The summed E-state index contributed by atoms with van der Waals surface area (Å²) in [5.41, 5.74) is 1.40. The van der Waals surface area contributed by atoms with Crippen molar-refractivity contribution in [3.05, 3.63) is 54.1 Å². The Kier molecular flexibility index (Phi) is 4.92. The van der Waals surface area contributed by atoms with Crippen LogP contribution < -0.4 is 14.5 Å². The highest BCUT2D eigenvalue weighted by Crippen LogP contribution is 2.28. The smallest absolute Gasteiger partial charge is 0.387 e. The molecule has 2 aromatic rings. The van der Waals surface area contributed by atoms with Gasteiger partial charge in [-0.25, -0.2) is 0 Å². The van der Waals surface area contributed by atoms with Crippen LogP contribution in [-0.4, -0.2) is 38.4 Å². The van der Waals surface area contributed by atoms with Gasteiger partial charge >= 0.3 is 6.61 Å². The zero-order chi connectivity index (χ0) is 17.8. The molecule has 0 atom stereocenters. The van der Waals surface area contributed by atoms with Gasteiger partial charge in [0.2, 0.25) is 5.91 Å². The maximum Gasteiger partial charge on any atom is 0.387 e. The molecule has 0 aromatic heterocycles. The van der Waals surface area contributed by atoms with E-state index >= 15 is 0 Å². The molecule has 0 unspecified atom stereocenters. The number of hydrogen-bond donors (Lipinski definition) is 0. The lowest BCUT2D eigenvalue weighted by Gasteiger charge is -2.35. The maximum atomic E-state index is 12.5. The maximum absolute atomic E-state index is 12.5. The van der Waals surface area contributed by atoms with Crippen LogP contribution in [0.25, 0.3) is 0 Å². The first-order chi connectivity index (χ1) is 12.1. The molecule has 0 N–H and O–H groups in total. The third-order valence-corrected chi connectivity index (χ3v) is 3.99. The van der Waals surface area contributed by atoms with Gasteiger partial charge in [-0.3, -0.25) is 9.59 Å². The number of benzene rings is 2. The van der Waals surface area contributed by atoms with E-state index in [-0.39, 0.29) is 23.8 Å². The van der Waals surface area contributed by atoms with Crippen molar-refractivity contribution >= 4 is 23.6 Å². The molecule has 7 heteroatoms. The molecule has 0 saturated carbocycles. The minimum atomic E-state index is -3.04. The number of anilines is 2. The lowest BCUT2D eigenvalue weighted by molar-refractivity contribution is -0.117. The van der Waals surface area contributed by atoms with Gasteiger partial charge in [-0.05, 0) is 24.3 Å². The predicted molar refractivity (Wildman–Crippen MR) is 89.5 cm³/mol. The Balaban J connectivity index is 1.79. The Labute approximate surface area is 143 Å². The Morgan fingerprint density at radius 1 is 1.04 bits per heavy atom. The van der Waals surface area contributed by atoms with Crippen molar-refractivity contribution in [2.75, 3.05) is 29.4 Å². The van der Waals surface area contributed by atoms with Crippen LogP contribution in [0.3, 0.4) is 0 Å². The highest BCUT2D eigenvalue weighted by molar-refractivity contribution is 5.98. The molecule has 0 radical (unpaired) electrons. The standard InChI is InChI=1S/C18H16F2N2O3/c19-18(20)25-16-10-15(7-6-13(16)12-23)22-9-8-21(11-17(22)24)14-4-2-1-3-5-14/h1-7,10,12,18H,8-9,11H2. The van der Waals surface area contributed by atoms with Gasteiger partial charge in [0.1, 0.15) is 5.75 Å². The van der Waals surface area contributed by atoms with Crippen molar-refractivity contribution < 1.29 is 23.1 Å². The first-order valence-electron chi connectivity index (χ1n) is 7.73. The highest BCUT2D eigenvalue weighted by atomic mass is 19.3. The SMILES string of the molecule is O=Cc1ccc(N2CCN(c3ccccc3)CC2=O)cc1OC(F)F. The first kappa shape index (κ1) is 16.9. The fourth-order valence-electron chi connectivity index (χ4n) is 2.79. The van der Waals surface area contributed by atoms with Crippen molar-refractivity contribution in [2.45, 2.75) is 6.61 Å². The summed E-state index contributed by atoms with van der Waals surface area (Å²) < 4.78 is 29.4. The summed E-state index contributed by atoms with van der Waals surface area (Å²) in [5, 5.41) is 0. The van der Waals surface area contributed by atoms with Crippen molar-refractivity contribution in [1.29, 1.82) is 0 Å². The van der Waals surface area contributed by atoms with E-state index in [4.69, 9.17) is 0 Å². The van der Waals surface area contributed by atoms with Gasteiger partial charge < -0.3 is 14.5 Å². The molecule has 1 heterocycles. The highest BCUT2D eigenvalue weighted by Gasteiger charge is 2.26. The number of rotatable bonds is 5. The van der Waals surface area contributed by atoms with Crippen LogP contribution in [0.5, 0.6) is 5.75 Å². The molecular weight excluding hydrogens is 330 g/mol. The topological polar surface area (TPSA) is 49.9 Å². The van der Waals surface area contributed by atoms with Crippen molar-refractivity contribution in [1.82, 2.24) is 0 Å². The van der Waals surface area contributed by atoms with E-state index in [9.17, 15) is 18.4 Å². The molecular formula is C18H16F2N2O3. The van der Waals surface area contributed by atoms with Gasteiger partial charge in [0.05, 0.1) is 12.1 Å². The molecule has 1 saturated heterocycles. The average molecular weight is 346 g/mol. The molecule has 130 valence electrons. The lowest BCUT2D eigenvalue weighted by Crippen LogP contribution is -2.50. The summed E-state index contributed by atoms with van der Waals surface area (Å²) in [7, 11) is 0. The molecule has 5 nitrogen and oxygen atoms in total. The third kappa shape index (κ3) is 3.76. The average Bonchev–Trinajstić information content (AvgIpc) is 2.62. The number of para-hydroxylation sites is 1. The summed E-state index contributed by atoms with van der Waals surface area (Å²) in [4.78, 5) is 26.9. The molecule has 3 rings (SSSR count). The van der Waals surface area contributed by atoms with Gasteiger partial charge in [-0.2, -0.15) is 8.78 Å². The number of halogens is 2. The van der Waals surface area contributed by atoms with Crippen molar-refractivity contribution in [3.63, 3.8) is 0 Å². The number of carbonyl (C=O) groups excluding carboxylic acids is 2. The molecule has 0 bridgehead atoms. The van der Waals surface area contributed by atoms with E-state index in [1.807, 2.05) is 35.2 Å². The second kappa shape index (κ2) is 7.29. The summed E-state index contributed by atoms with van der Waals surface area (Å²) in [6, 6.07) is 13.8. The van der Waals surface area contributed by atoms with E-state index in [0.717, 1.165) is 5.69 Å². The zero-order valence-electron chi connectivity index (χ0n) is 13.3. The Bertz CT molecular complexity index is 768. The number of aldehydes is 1. The van der Waals surface area contributed by atoms with E-state index < -0.39 is 6.61 Å². The summed E-state index contributed by atoms with van der Waals surface area (Å²) in [6.45, 7) is -1.84. The summed E-state index contributed by atoms with van der Waals surface area (Å²) in [6.07, 6.45) is 0.441. The summed E-state index contributed by atoms with van der Waals surface area (Å²) in [5.74, 6) is -0.391. The van der Waals surface area contributed by atoms with Gasteiger partial charge in [-0.15, -0.1) is 0 Å². The van der Waals surface area contributed by atoms with Crippen LogP contribution in [-0.2, 0) is 4.79 Å². The van der Waals surface area contributed by atoms with Gasteiger partial charge in [0.15, 0.2) is 6.29 Å². The molecule has 1 amide bonds. The first-order valence-corrected chi connectivity index (χ1v) is 7.73. The normalized spacial score (nSPS) is 14.8. The third-order valence-electron chi connectivity index (χ3n) is 3.99. The van der Waals surface area contributed by atoms with Gasteiger partial charge in [0, 0.05) is 30.5 Å². The van der Waals surface area contributed by atoms with Crippen molar-refractivity contribution in [3.8, 4) is 5.75 Å². The van der Waals surface area contributed by atoms with Crippen LogP contribution in [0, 0.1) is 0 Å². The molecule has 1 aliphatic rings. The monoisotopic (exact) mass is 346 g/mol. The number of carbonyl (C=O) groups is 2. The van der Waals surface area contributed by atoms with Crippen molar-refractivity contribution in [2.24, 2.45) is 0 Å². The second-order valence-electron chi connectivity index (χ2n) is 5.52. The summed E-state index contributed by atoms with van der Waals surface area (Å²) >= 11 is 0. The fraction of sp³-hybridized carbons (Fsp3) is 0.222. The van der Waals surface area contributed by atoms with Crippen LogP contribution in [0.4, 0.5) is 20.2 Å². The van der Waals surface area contributed by atoms with E-state index in [0.29, 0.717) is 25.1 Å². The van der Waals surface area contributed by atoms with E-state index in [2.05, 4.69) is 4.74 Å². The number of amides is 1. The zero-order valence-corrected chi connectivity index (χ0v) is 13.3. The molecule has 0 aliphatic carbocycles. The quantitative estimate of drug-likeness (QED) is 0.781. The minimum Gasteiger partial charge on any atom is -0.434 e. The van der Waals surface area contributed by atoms with Gasteiger partial charge in [0.25, 0.3) is 0 Å². The fourth-order valence-corrected chi connectivity index (χ4v) is 2.79. The number of ether oxygens (including phenoxy) is 1. The number of nitrogens with zero attached hydrogens (tertiary/aromatic N) is 2. The molecule has 1 aliphatic heterocycles. The molecule has 0 spiro atoms. The number of hydrogen-bond acceptors (Lipinski definition) is 4. The minimum absolute atomic E-state index is 0.0134. The van der Waals surface area contributed by atoms with E-state index in [1.54, 1.807) is 6.07 Å². The van der Waals surface area contributed by atoms with Gasteiger partial charge in [-0.1, -0.05) is 18.2 Å². The number of piperazine rings is 1. The number of alkyl halides is 2. The van der Waals surface area contributed by atoms with Crippen LogP contribution in [0.15, 0.2) is 48.5 Å². The lowest BCUT2D eigenvalue weighted by atomic mass is 10.1. The predicted octanol–water partition coefficient (Wildman–Crippen LogP) is 2.95. The van der Waals surface area contributed by atoms with Crippen LogP contribution in [0.1, 0.15) is 10.4 Å². The van der Waals surface area contributed by atoms with Crippen LogP contribution >= 0.6 is 0 Å². The van der Waals surface area contributed by atoms with Crippen LogP contribution in [0.2, 0.25) is 0 Å².